The predicted molar refractivity (Wildman–Crippen MR) is 315 cm³/mol. The van der Waals surface area contributed by atoms with Crippen LogP contribution < -0.4 is 5.32 Å². The van der Waals surface area contributed by atoms with Crippen LogP contribution in [0.3, 0.4) is 0 Å². The SMILES string of the molecule is CC/C=C\C/C=C\C/C=C\C/C=C\C/C=C\CCCCCCCC(=O)OC1C(OCC(NC(=O)C(O)CCCCCCC/C=C/C=C/CCCCC)C(O)/C=C/CCCCCCCCCCCC)OC(CO)C(O)C1O. The number of rotatable bonds is 50. The molecule has 1 heterocycles. The van der Waals surface area contributed by atoms with Gasteiger partial charge in [-0.2, -0.15) is 0 Å². The minimum atomic E-state index is -1.63. The Balaban J connectivity index is 2.70. The van der Waals surface area contributed by atoms with E-state index in [-0.39, 0.29) is 19.4 Å². The van der Waals surface area contributed by atoms with E-state index in [0.717, 1.165) is 122 Å². The van der Waals surface area contributed by atoms with Crippen molar-refractivity contribution in [1.29, 1.82) is 0 Å². The summed E-state index contributed by atoms with van der Waals surface area (Å²) in [6.07, 6.45) is 58.7. The summed E-state index contributed by atoms with van der Waals surface area (Å²) >= 11 is 0. The zero-order valence-electron chi connectivity index (χ0n) is 48.1. The van der Waals surface area contributed by atoms with Crippen LogP contribution in [0.5, 0.6) is 0 Å². The maximum absolute atomic E-state index is 13.4. The molecule has 0 spiro atoms. The highest BCUT2D eigenvalue weighted by atomic mass is 16.7. The largest absolute Gasteiger partial charge is 0.454 e. The average molecular weight is 1070 g/mol. The van der Waals surface area contributed by atoms with Gasteiger partial charge in [-0.25, -0.2) is 0 Å². The first-order valence-corrected chi connectivity index (χ1v) is 30.5. The number of esters is 1. The molecule has 0 aromatic carbocycles. The number of carbonyl (C=O) groups is 2. The third kappa shape index (κ3) is 39.9. The second-order valence-corrected chi connectivity index (χ2v) is 20.7. The molecule has 8 atom stereocenters. The van der Waals surface area contributed by atoms with Gasteiger partial charge >= 0.3 is 5.97 Å². The van der Waals surface area contributed by atoms with Crippen LogP contribution in [0, 0.1) is 0 Å². The van der Waals surface area contributed by atoms with E-state index in [1.807, 2.05) is 6.08 Å². The highest BCUT2D eigenvalue weighted by Crippen LogP contribution is 2.26. The number of hydrogen-bond acceptors (Lipinski definition) is 10. The summed E-state index contributed by atoms with van der Waals surface area (Å²) in [5.41, 5.74) is 0. The van der Waals surface area contributed by atoms with Crippen molar-refractivity contribution < 1.29 is 49.3 Å². The summed E-state index contributed by atoms with van der Waals surface area (Å²) in [6, 6.07) is -1.04. The van der Waals surface area contributed by atoms with Crippen LogP contribution in [0.2, 0.25) is 0 Å². The molecule has 8 unspecified atom stereocenters. The highest BCUT2D eigenvalue weighted by molar-refractivity contribution is 5.80. The van der Waals surface area contributed by atoms with E-state index in [1.165, 1.54) is 70.6 Å². The van der Waals surface area contributed by atoms with Gasteiger partial charge in [0.05, 0.1) is 25.4 Å². The van der Waals surface area contributed by atoms with Crippen molar-refractivity contribution in [2.75, 3.05) is 13.2 Å². The van der Waals surface area contributed by atoms with E-state index in [1.54, 1.807) is 6.08 Å². The van der Waals surface area contributed by atoms with Crippen molar-refractivity contribution in [2.45, 2.75) is 288 Å². The van der Waals surface area contributed by atoms with Crippen molar-refractivity contribution in [3.63, 3.8) is 0 Å². The van der Waals surface area contributed by atoms with Crippen molar-refractivity contribution in [3.8, 4) is 0 Å². The maximum atomic E-state index is 13.4. The molecule has 11 heteroatoms. The molecule has 0 aromatic heterocycles. The zero-order valence-corrected chi connectivity index (χ0v) is 48.1. The Morgan fingerprint density at radius 1 is 0.539 bits per heavy atom. The van der Waals surface area contributed by atoms with E-state index in [0.29, 0.717) is 12.8 Å². The third-order valence-electron chi connectivity index (χ3n) is 13.7. The van der Waals surface area contributed by atoms with Crippen LogP contribution in [-0.4, -0.2) is 99.6 Å². The molecule has 6 N–H and O–H groups in total. The summed E-state index contributed by atoms with van der Waals surface area (Å²) in [7, 11) is 0. The number of ether oxygens (including phenoxy) is 3. The van der Waals surface area contributed by atoms with Crippen molar-refractivity contribution in [1.82, 2.24) is 5.32 Å². The number of aliphatic hydroxyl groups is 5. The van der Waals surface area contributed by atoms with Gasteiger partial charge in [0, 0.05) is 6.42 Å². The van der Waals surface area contributed by atoms with Gasteiger partial charge in [0.1, 0.15) is 24.4 Å². The van der Waals surface area contributed by atoms with Crippen LogP contribution in [-0.2, 0) is 23.8 Å². The molecule has 1 fully saturated rings. The first kappa shape index (κ1) is 70.6. The lowest BCUT2D eigenvalue weighted by atomic mass is 9.99. The number of hydrogen-bond donors (Lipinski definition) is 6. The Kier molecular flexibility index (Phi) is 48.6. The molecule has 0 saturated carbocycles. The second kappa shape index (κ2) is 52.3. The smallest absolute Gasteiger partial charge is 0.306 e. The van der Waals surface area contributed by atoms with Crippen LogP contribution >= 0.6 is 0 Å². The highest BCUT2D eigenvalue weighted by Gasteiger charge is 2.47. The van der Waals surface area contributed by atoms with Gasteiger partial charge in [0.15, 0.2) is 12.4 Å². The quantitative estimate of drug-likeness (QED) is 0.0149. The molecule has 1 amide bonds. The molecule has 76 heavy (non-hydrogen) atoms. The number of amides is 1. The topological polar surface area (TPSA) is 175 Å². The van der Waals surface area contributed by atoms with Gasteiger partial charge in [-0.1, -0.05) is 234 Å². The summed E-state index contributed by atoms with van der Waals surface area (Å²) in [5.74, 6) is -1.23. The minimum absolute atomic E-state index is 0.0951. The first-order chi connectivity index (χ1) is 37.2. The van der Waals surface area contributed by atoms with Crippen molar-refractivity contribution >= 4 is 11.9 Å². The average Bonchev–Trinajstić information content (AvgIpc) is 3.42. The molecule has 1 rings (SSSR count). The van der Waals surface area contributed by atoms with E-state index in [9.17, 15) is 35.1 Å². The Morgan fingerprint density at radius 3 is 1.53 bits per heavy atom. The van der Waals surface area contributed by atoms with Gasteiger partial charge in [0.2, 0.25) is 5.91 Å². The van der Waals surface area contributed by atoms with Crippen LogP contribution in [0.1, 0.15) is 239 Å². The van der Waals surface area contributed by atoms with Crippen LogP contribution in [0.15, 0.2) is 97.2 Å². The molecule has 0 aliphatic carbocycles. The van der Waals surface area contributed by atoms with Gasteiger partial charge in [-0.15, -0.1) is 0 Å². The molecule has 1 aliphatic heterocycles. The lowest BCUT2D eigenvalue weighted by Gasteiger charge is -2.41. The van der Waals surface area contributed by atoms with Gasteiger partial charge in [0.25, 0.3) is 0 Å². The molecule has 436 valence electrons. The molecule has 1 aliphatic rings. The number of aliphatic hydroxyl groups excluding tert-OH is 5. The molecular weight excluding hydrogens is 955 g/mol. The Hall–Kier alpha value is -3.42. The second-order valence-electron chi connectivity index (χ2n) is 20.7. The van der Waals surface area contributed by atoms with Crippen LogP contribution in [0.4, 0.5) is 0 Å². The number of allylic oxidation sites excluding steroid dienone is 15. The molecule has 11 nitrogen and oxygen atoms in total. The van der Waals surface area contributed by atoms with Crippen molar-refractivity contribution in [3.05, 3.63) is 97.2 Å². The summed E-state index contributed by atoms with van der Waals surface area (Å²) in [4.78, 5) is 26.5. The summed E-state index contributed by atoms with van der Waals surface area (Å²) < 4.78 is 17.6. The number of carbonyl (C=O) groups excluding carboxylic acids is 2. The summed E-state index contributed by atoms with van der Waals surface area (Å²) in [6.45, 7) is 5.61. The molecular formula is C65H111NO10. The fourth-order valence-electron chi connectivity index (χ4n) is 8.90. The molecule has 0 bridgehead atoms. The fraction of sp³-hybridized carbons (Fsp3) is 0.723. The molecule has 1 saturated heterocycles. The van der Waals surface area contributed by atoms with Crippen molar-refractivity contribution in [2.24, 2.45) is 0 Å². The Labute approximate surface area is 463 Å². The predicted octanol–water partition coefficient (Wildman–Crippen LogP) is 14.3. The molecule has 0 radical (unpaired) electrons. The van der Waals surface area contributed by atoms with E-state index in [2.05, 4.69) is 111 Å². The maximum Gasteiger partial charge on any atom is 0.306 e. The van der Waals surface area contributed by atoms with E-state index in [4.69, 9.17) is 14.2 Å². The van der Waals surface area contributed by atoms with Gasteiger partial charge < -0.3 is 45.1 Å². The lowest BCUT2D eigenvalue weighted by Crippen LogP contribution is -2.61. The monoisotopic (exact) mass is 1070 g/mol. The standard InChI is InChI=1S/C65H111NO10/c1-4-7-10-13-16-19-22-25-27-28-29-30-31-32-33-35-38-41-44-47-50-53-60(70)76-63-62(72)61(71)59(54-67)75-65(63)74-55-56(57(68)51-48-45-42-39-36-24-21-18-15-12-9-6-3)66-64(73)58(69)52-49-46-43-40-37-34-26-23-20-17-14-11-8-5-2/h7,10,16-17,19-20,23,25-27,29-30,32-33,48,51,56-59,61-63,65,67-69,71-72H,4-6,8-9,11-15,18,21-22,24,28,31,34-47,49-50,52-55H2,1-3H3,(H,66,73)/b10-7-,19-16-,20-17+,26-23+,27-25-,30-29-,33-32-,51-48+. The fourth-order valence-corrected chi connectivity index (χ4v) is 8.90. The Bertz CT molecular complexity index is 1600. The lowest BCUT2D eigenvalue weighted by molar-refractivity contribution is -0.305. The number of unbranched alkanes of at least 4 members (excludes halogenated alkanes) is 23. The first-order valence-electron chi connectivity index (χ1n) is 30.5. The zero-order chi connectivity index (χ0) is 55.4. The van der Waals surface area contributed by atoms with Crippen LogP contribution in [0.25, 0.3) is 0 Å². The Morgan fingerprint density at radius 2 is 0.987 bits per heavy atom. The molecule has 0 aromatic rings. The number of nitrogens with one attached hydrogen (secondary N) is 1. The summed E-state index contributed by atoms with van der Waals surface area (Å²) in [5, 5.41) is 56.9. The van der Waals surface area contributed by atoms with Gasteiger partial charge in [-0.3, -0.25) is 9.59 Å². The van der Waals surface area contributed by atoms with E-state index >= 15 is 0 Å². The van der Waals surface area contributed by atoms with E-state index < -0.39 is 67.4 Å². The third-order valence-corrected chi connectivity index (χ3v) is 13.7. The normalized spacial score (nSPS) is 19.8. The minimum Gasteiger partial charge on any atom is -0.454 e. The van der Waals surface area contributed by atoms with Gasteiger partial charge in [-0.05, 0) is 96.3 Å².